The third-order valence-electron chi connectivity index (χ3n) is 3.09. The molecule has 0 aromatic heterocycles. The fourth-order valence-electron chi connectivity index (χ4n) is 2.00. The molecule has 6 nitrogen and oxygen atoms in total. The predicted molar refractivity (Wildman–Crippen MR) is 87.3 cm³/mol. The number of methoxy groups -OCH3 is 1. The van der Waals surface area contributed by atoms with Crippen LogP contribution < -0.4 is 5.32 Å². The van der Waals surface area contributed by atoms with Gasteiger partial charge < -0.3 is 10.1 Å². The van der Waals surface area contributed by atoms with Gasteiger partial charge in [-0.1, -0.05) is 25.4 Å². The van der Waals surface area contributed by atoms with Crippen LogP contribution in [0.4, 0.5) is 0 Å². The van der Waals surface area contributed by atoms with Crippen molar-refractivity contribution >= 4 is 33.3 Å². The van der Waals surface area contributed by atoms with Crippen LogP contribution in [0.15, 0.2) is 23.1 Å². The molecule has 0 saturated heterocycles. The molecular weight excluding hydrogens is 342 g/mol. The molecule has 8 heteroatoms. The Labute approximate surface area is 141 Å². The number of hydrogen-bond donors (Lipinski definition) is 1. The highest BCUT2D eigenvalue weighted by molar-refractivity contribution is 7.90. The van der Waals surface area contributed by atoms with Crippen LogP contribution in [-0.4, -0.2) is 39.7 Å². The van der Waals surface area contributed by atoms with Crippen LogP contribution in [-0.2, 0) is 19.4 Å². The van der Waals surface area contributed by atoms with Gasteiger partial charge in [0.05, 0.1) is 17.0 Å². The SMILES string of the molecule is COC(=O)[C@@H](CC(C)C)NC(=O)c1ccc(Cl)c(S(C)(=O)=O)c1. The van der Waals surface area contributed by atoms with Crippen LogP contribution in [0.1, 0.15) is 30.6 Å². The lowest BCUT2D eigenvalue weighted by atomic mass is 10.0. The van der Waals surface area contributed by atoms with Gasteiger partial charge in [0.25, 0.3) is 5.91 Å². The van der Waals surface area contributed by atoms with Crippen molar-refractivity contribution in [1.82, 2.24) is 5.32 Å². The highest BCUT2D eigenvalue weighted by atomic mass is 35.5. The fraction of sp³-hybridized carbons (Fsp3) is 0.467. The van der Waals surface area contributed by atoms with E-state index in [4.69, 9.17) is 11.6 Å². The number of hydrogen-bond acceptors (Lipinski definition) is 5. The number of amides is 1. The third kappa shape index (κ3) is 5.51. The lowest BCUT2D eigenvalue weighted by Gasteiger charge is -2.18. The van der Waals surface area contributed by atoms with Crippen LogP contribution in [0.25, 0.3) is 0 Å². The molecule has 128 valence electrons. The van der Waals surface area contributed by atoms with Gasteiger partial charge in [-0.2, -0.15) is 0 Å². The van der Waals surface area contributed by atoms with Crippen LogP contribution in [0.2, 0.25) is 5.02 Å². The first-order valence-electron chi connectivity index (χ1n) is 6.94. The molecule has 1 rings (SSSR count). The summed E-state index contributed by atoms with van der Waals surface area (Å²) in [5.74, 6) is -0.955. The number of ether oxygens (including phenoxy) is 1. The lowest BCUT2D eigenvalue weighted by molar-refractivity contribution is -0.143. The average Bonchev–Trinajstić information content (AvgIpc) is 2.44. The zero-order chi connectivity index (χ0) is 17.8. The number of carbonyl (C=O) groups excluding carboxylic acids is 2. The van der Waals surface area contributed by atoms with E-state index in [9.17, 15) is 18.0 Å². The highest BCUT2D eigenvalue weighted by Crippen LogP contribution is 2.22. The summed E-state index contributed by atoms with van der Waals surface area (Å²) in [6.07, 6.45) is 1.41. The summed E-state index contributed by atoms with van der Waals surface area (Å²) in [5, 5.41) is 2.60. The molecular formula is C15H20ClNO5S. The van der Waals surface area contributed by atoms with Crippen molar-refractivity contribution in [2.45, 2.75) is 31.2 Å². The van der Waals surface area contributed by atoms with Gasteiger partial charge in [0.1, 0.15) is 6.04 Å². The second kappa shape index (κ2) is 7.79. The quantitative estimate of drug-likeness (QED) is 0.783. The number of carbonyl (C=O) groups is 2. The maximum absolute atomic E-state index is 12.3. The summed E-state index contributed by atoms with van der Waals surface area (Å²) < 4.78 is 28.0. The molecule has 1 N–H and O–H groups in total. The predicted octanol–water partition coefficient (Wildman–Crippen LogP) is 2.06. The number of nitrogens with one attached hydrogen (secondary N) is 1. The maximum Gasteiger partial charge on any atom is 0.328 e. The Morgan fingerprint density at radius 2 is 1.91 bits per heavy atom. The number of rotatable bonds is 6. The summed E-state index contributed by atoms with van der Waals surface area (Å²) in [6.45, 7) is 3.82. The van der Waals surface area contributed by atoms with Gasteiger partial charge in [-0.15, -0.1) is 0 Å². The molecule has 1 atom stereocenters. The molecule has 23 heavy (non-hydrogen) atoms. The van der Waals surface area contributed by atoms with E-state index >= 15 is 0 Å². The largest absolute Gasteiger partial charge is 0.467 e. The molecule has 1 aromatic carbocycles. The molecule has 0 unspecified atom stereocenters. The summed E-state index contributed by atoms with van der Waals surface area (Å²) in [4.78, 5) is 23.9. The molecule has 0 fully saturated rings. The zero-order valence-electron chi connectivity index (χ0n) is 13.4. The monoisotopic (exact) mass is 361 g/mol. The van der Waals surface area contributed by atoms with E-state index in [1.807, 2.05) is 13.8 Å². The van der Waals surface area contributed by atoms with Crippen molar-refractivity contribution in [1.29, 1.82) is 0 Å². The van der Waals surface area contributed by atoms with Crippen LogP contribution in [0.5, 0.6) is 0 Å². The van der Waals surface area contributed by atoms with E-state index in [-0.39, 0.29) is 21.4 Å². The van der Waals surface area contributed by atoms with Gasteiger partial charge in [0.15, 0.2) is 9.84 Å². The first-order valence-corrected chi connectivity index (χ1v) is 9.21. The molecule has 0 radical (unpaired) electrons. The molecule has 0 bridgehead atoms. The Hall–Kier alpha value is -1.60. The normalized spacial score (nSPS) is 12.8. The minimum absolute atomic E-state index is 0.0377. The van der Waals surface area contributed by atoms with E-state index in [0.29, 0.717) is 6.42 Å². The summed E-state index contributed by atoms with van der Waals surface area (Å²) in [5.41, 5.74) is 0.104. The van der Waals surface area contributed by atoms with Crippen molar-refractivity contribution < 1.29 is 22.7 Å². The van der Waals surface area contributed by atoms with Gasteiger partial charge in [0, 0.05) is 11.8 Å². The molecule has 0 heterocycles. The highest BCUT2D eigenvalue weighted by Gasteiger charge is 2.24. The average molecular weight is 362 g/mol. The number of sulfone groups is 1. The summed E-state index contributed by atoms with van der Waals surface area (Å²) in [6, 6.07) is 3.12. The topological polar surface area (TPSA) is 89.5 Å². The first kappa shape index (κ1) is 19.4. The minimum atomic E-state index is -3.56. The molecule has 1 amide bonds. The van der Waals surface area contributed by atoms with E-state index in [0.717, 1.165) is 6.26 Å². The molecule has 0 saturated carbocycles. The van der Waals surface area contributed by atoms with Crippen molar-refractivity contribution in [3.05, 3.63) is 28.8 Å². The second-order valence-corrected chi connectivity index (χ2v) is 7.99. The number of halogens is 1. The maximum atomic E-state index is 12.3. The Balaban J connectivity index is 3.07. The summed E-state index contributed by atoms with van der Waals surface area (Å²) >= 11 is 5.85. The van der Waals surface area contributed by atoms with Crippen LogP contribution in [0.3, 0.4) is 0 Å². The fourth-order valence-corrected chi connectivity index (χ4v) is 3.30. The minimum Gasteiger partial charge on any atom is -0.467 e. The Morgan fingerprint density at radius 3 is 2.39 bits per heavy atom. The van der Waals surface area contributed by atoms with E-state index < -0.39 is 27.8 Å². The molecule has 0 spiro atoms. The van der Waals surface area contributed by atoms with Crippen LogP contribution >= 0.6 is 11.6 Å². The van der Waals surface area contributed by atoms with Gasteiger partial charge >= 0.3 is 5.97 Å². The van der Waals surface area contributed by atoms with Crippen molar-refractivity contribution in [2.75, 3.05) is 13.4 Å². The molecule has 0 aliphatic rings. The van der Waals surface area contributed by atoms with Gasteiger partial charge in [-0.3, -0.25) is 4.79 Å². The molecule has 0 aliphatic heterocycles. The van der Waals surface area contributed by atoms with Gasteiger partial charge in [-0.25, -0.2) is 13.2 Å². The van der Waals surface area contributed by atoms with E-state index in [2.05, 4.69) is 10.1 Å². The molecule has 1 aromatic rings. The first-order chi connectivity index (χ1) is 10.6. The number of esters is 1. The standard InChI is InChI=1S/C15H20ClNO5S/c1-9(2)7-12(15(19)22-3)17-14(18)10-5-6-11(16)13(8-10)23(4,20)21/h5-6,8-9,12H,7H2,1-4H3,(H,17,18)/t12-/m1/s1. The smallest absolute Gasteiger partial charge is 0.328 e. The lowest BCUT2D eigenvalue weighted by Crippen LogP contribution is -2.42. The van der Waals surface area contributed by atoms with E-state index in [1.54, 1.807) is 0 Å². The van der Waals surface area contributed by atoms with Gasteiger partial charge in [-0.05, 0) is 30.5 Å². The van der Waals surface area contributed by atoms with Crippen molar-refractivity contribution in [2.24, 2.45) is 5.92 Å². The third-order valence-corrected chi connectivity index (χ3v) is 4.67. The molecule has 0 aliphatic carbocycles. The summed E-state index contributed by atoms with van der Waals surface area (Å²) in [7, 11) is -2.32. The Morgan fingerprint density at radius 1 is 1.30 bits per heavy atom. The second-order valence-electron chi connectivity index (χ2n) is 5.60. The number of benzene rings is 1. The Bertz CT molecular complexity index is 700. The van der Waals surface area contributed by atoms with E-state index in [1.165, 1.54) is 25.3 Å². The van der Waals surface area contributed by atoms with Crippen molar-refractivity contribution in [3.8, 4) is 0 Å². The van der Waals surface area contributed by atoms with Crippen LogP contribution in [0, 0.1) is 5.92 Å². The van der Waals surface area contributed by atoms with Gasteiger partial charge in [0.2, 0.25) is 0 Å². The van der Waals surface area contributed by atoms with Crippen molar-refractivity contribution in [3.63, 3.8) is 0 Å². The zero-order valence-corrected chi connectivity index (χ0v) is 15.0. The Kier molecular flexibility index (Phi) is 6.58.